The van der Waals surface area contributed by atoms with E-state index in [1.165, 1.54) is 6.92 Å². The summed E-state index contributed by atoms with van der Waals surface area (Å²) in [5.74, 6) is -1.89. The molecule has 5 heteroatoms. The summed E-state index contributed by atoms with van der Waals surface area (Å²) in [6, 6.07) is -0.740. The molecule has 0 aliphatic rings. The number of nitrogens with two attached hydrogens (primary N) is 1. The lowest BCUT2D eigenvalue weighted by molar-refractivity contribution is -0.159. The highest BCUT2D eigenvalue weighted by molar-refractivity contribution is 5.90. The summed E-state index contributed by atoms with van der Waals surface area (Å²) in [7, 11) is 0. The molecule has 0 aromatic rings. The third-order valence-corrected chi connectivity index (χ3v) is 1.49. The number of ketones is 1. The fourth-order valence-corrected chi connectivity index (χ4v) is 0.576. The Labute approximate surface area is 70.2 Å². The van der Waals surface area contributed by atoms with E-state index in [0.29, 0.717) is 0 Å². The highest BCUT2D eigenvalue weighted by Gasteiger charge is 2.33. The fourth-order valence-electron chi connectivity index (χ4n) is 0.576. The van der Waals surface area contributed by atoms with Gasteiger partial charge in [0, 0.05) is 6.42 Å². The first kappa shape index (κ1) is 11.1. The standard InChI is InChI=1S/C7H13NO4/c1-4(8)5(9)3-7(2,12)6(10)11/h4,12H,3,8H2,1-2H3,(H,10,11)/t4-,7?/m0/s1. The zero-order valence-electron chi connectivity index (χ0n) is 7.07. The molecule has 5 nitrogen and oxygen atoms in total. The minimum absolute atomic E-state index is 0.458. The summed E-state index contributed by atoms with van der Waals surface area (Å²) in [5, 5.41) is 17.6. The van der Waals surface area contributed by atoms with Crippen molar-refractivity contribution in [2.45, 2.75) is 31.9 Å². The van der Waals surface area contributed by atoms with Crippen LogP contribution in [0, 0.1) is 0 Å². The van der Waals surface area contributed by atoms with Gasteiger partial charge in [0.15, 0.2) is 11.4 Å². The molecule has 70 valence electrons. The maximum absolute atomic E-state index is 10.9. The quantitative estimate of drug-likeness (QED) is 0.515. The van der Waals surface area contributed by atoms with Crippen LogP contribution < -0.4 is 5.73 Å². The number of hydrogen-bond acceptors (Lipinski definition) is 4. The largest absolute Gasteiger partial charge is 0.479 e. The Bertz CT molecular complexity index is 198. The minimum atomic E-state index is -2.01. The number of Topliss-reactive ketones (excluding diaryl/α,β-unsaturated/α-hetero) is 1. The van der Waals surface area contributed by atoms with Crippen LogP contribution in [-0.4, -0.2) is 33.6 Å². The Morgan fingerprint density at radius 3 is 2.25 bits per heavy atom. The van der Waals surface area contributed by atoms with Crippen molar-refractivity contribution in [2.75, 3.05) is 0 Å². The second-order valence-corrected chi connectivity index (χ2v) is 3.01. The molecule has 12 heavy (non-hydrogen) atoms. The van der Waals surface area contributed by atoms with E-state index in [4.69, 9.17) is 15.9 Å². The molecule has 0 bridgehead atoms. The van der Waals surface area contributed by atoms with Crippen LogP contribution in [0.15, 0.2) is 0 Å². The number of carboxylic acid groups (broad SMARTS) is 1. The molecular formula is C7H13NO4. The number of hydrogen-bond donors (Lipinski definition) is 3. The summed E-state index contributed by atoms with van der Waals surface area (Å²) >= 11 is 0. The van der Waals surface area contributed by atoms with Gasteiger partial charge in [0.1, 0.15) is 0 Å². The Hall–Kier alpha value is -0.940. The van der Waals surface area contributed by atoms with Crippen LogP contribution in [0.4, 0.5) is 0 Å². The van der Waals surface area contributed by atoms with Crippen molar-refractivity contribution >= 4 is 11.8 Å². The average molecular weight is 175 g/mol. The third-order valence-electron chi connectivity index (χ3n) is 1.49. The smallest absolute Gasteiger partial charge is 0.335 e. The zero-order valence-corrected chi connectivity index (χ0v) is 7.07. The molecule has 0 fully saturated rings. The number of rotatable bonds is 4. The first-order chi connectivity index (χ1) is 5.27. The molecule has 2 atom stereocenters. The normalized spacial score (nSPS) is 18.0. The molecule has 0 amide bonds. The summed E-state index contributed by atoms with van der Waals surface area (Å²) < 4.78 is 0. The maximum atomic E-state index is 10.9. The molecule has 0 aliphatic carbocycles. The van der Waals surface area contributed by atoms with E-state index in [9.17, 15) is 9.59 Å². The van der Waals surface area contributed by atoms with Crippen LogP contribution >= 0.6 is 0 Å². The minimum Gasteiger partial charge on any atom is -0.479 e. The first-order valence-corrected chi connectivity index (χ1v) is 3.51. The van der Waals surface area contributed by atoms with E-state index in [1.54, 1.807) is 0 Å². The molecule has 0 spiro atoms. The maximum Gasteiger partial charge on any atom is 0.335 e. The van der Waals surface area contributed by atoms with Crippen LogP contribution in [0.25, 0.3) is 0 Å². The van der Waals surface area contributed by atoms with Gasteiger partial charge in [-0.3, -0.25) is 4.79 Å². The van der Waals surface area contributed by atoms with E-state index in [2.05, 4.69) is 0 Å². The molecule has 0 rings (SSSR count). The van der Waals surface area contributed by atoms with Crippen molar-refractivity contribution in [3.8, 4) is 0 Å². The van der Waals surface area contributed by atoms with Crippen LogP contribution in [0.2, 0.25) is 0 Å². The average Bonchev–Trinajstić information content (AvgIpc) is 1.85. The van der Waals surface area contributed by atoms with Crippen LogP contribution in [0.1, 0.15) is 20.3 Å². The number of carbonyl (C=O) groups excluding carboxylic acids is 1. The Balaban J connectivity index is 4.25. The predicted octanol–water partition coefficient (Wildman–Crippen LogP) is -0.872. The van der Waals surface area contributed by atoms with E-state index >= 15 is 0 Å². The van der Waals surface area contributed by atoms with Gasteiger partial charge in [0.05, 0.1) is 6.04 Å². The molecule has 0 aliphatic heterocycles. The van der Waals surface area contributed by atoms with Gasteiger partial charge >= 0.3 is 5.97 Å². The van der Waals surface area contributed by atoms with Gasteiger partial charge in [-0.15, -0.1) is 0 Å². The second kappa shape index (κ2) is 3.64. The number of carboxylic acids is 1. The lowest BCUT2D eigenvalue weighted by Gasteiger charge is -2.17. The van der Waals surface area contributed by atoms with E-state index in [1.807, 2.05) is 0 Å². The topological polar surface area (TPSA) is 101 Å². The highest BCUT2D eigenvalue weighted by Crippen LogP contribution is 2.10. The summed E-state index contributed by atoms with van der Waals surface area (Å²) in [6.07, 6.45) is -0.458. The number of aliphatic hydroxyl groups is 1. The molecular weight excluding hydrogens is 162 g/mol. The van der Waals surface area contributed by atoms with Crippen LogP contribution in [0.5, 0.6) is 0 Å². The van der Waals surface area contributed by atoms with Crippen molar-refractivity contribution in [3.63, 3.8) is 0 Å². The second-order valence-electron chi connectivity index (χ2n) is 3.01. The van der Waals surface area contributed by atoms with Gasteiger partial charge < -0.3 is 15.9 Å². The lowest BCUT2D eigenvalue weighted by Crippen LogP contribution is -2.41. The van der Waals surface area contributed by atoms with Gasteiger partial charge in [-0.2, -0.15) is 0 Å². The van der Waals surface area contributed by atoms with Crippen LogP contribution in [-0.2, 0) is 9.59 Å². The molecule has 0 heterocycles. The number of aliphatic carboxylic acids is 1. The van der Waals surface area contributed by atoms with Gasteiger partial charge in [-0.1, -0.05) is 0 Å². The zero-order chi connectivity index (χ0) is 9.94. The third kappa shape index (κ3) is 2.98. The summed E-state index contributed by atoms with van der Waals surface area (Å²) in [4.78, 5) is 21.3. The van der Waals surface area contributed by atoms with Gasteiger partial charge in [0.2, 0.25) is 0 Å². The molecule has 0 aromatic heterocycles. The van der Waals surface area contributed by atoms with E-state index in [-0.39, 0.29) is 0 Å². The van der Waals surface area contributed by atoms with Gasteiger partial charge in [0.25, 0.3) is 0 Å². The fraction of sp³-hybridized carbons (Fsp3) is 0.714. The molecule has 1 unspecified atom stereocenters. The number of carbonyl (C=O) groups is 2. The summed E-state index contributed by atoms with van der Waals surface area (Å²) in [5.41, 5.74) is 3.18. The first-order valence-electron chi connectivity index (χ1n) is 3.51. The molecule has 0 aromatic carbocycles. The highest BCUT2D eigenvalue weighted by atomic mass is 16.4. The Morgan fingerprint density at radius 2 is 2.00 bits per heavy atom. The molecule has 0 radical (unpaired) electrons. The van der Waals surface area contributed by atoms with Crippen molar-refractivity contribution in [3.05, 3.63) is 0 Å². The van der Waals surface area contributed by atoms with Crippen molar-refractivity contribution in [1.29, 1.82) is 0 Å². The van der Waals surface area contributed by atoms with Crippen LogP contribution in [0.3, 0.4) is 0 Å². The molecule has 4 N–H and O–H groups in total. The SMILES string of the molecule is C[C@H](N)C(=O)CC(C)(O)C(=O)O. The van der Waals surface area contributed by atoms with Gasteiger partial charge in [-0.05, 0) is 13.8 Å². The van der Waals surface area contributed by atoms with E-state index < -0.39 is 29.8 Å². The van der Waals surface area contributed by atoms with Crippen molar-refractivity contribution in [2.24, 2.45) is 5.73 Å². The molecule has 0 saturated heterocycles. The Kier molecular flexibility index (Phi) is 3.36. The Morgan fingerprint density at radius 1 is 1.58 bits per heavy atom. The van der Waals surface area contributed by atoms with Gasteiger partial charge in [-0.25, -0.2) is 4.79 Å². The van der Waals surface area contributed by atoms with Crippen molar-refractivity contribution in [1.82, 2.24) is 0 Å². The molecule has 0 saturated carbocycles. The monoisotopic (exact) mass is 175 g/mol. The van der Waals surface area contributed by atoms with Crippen molar-refractivity contribution < 1.29 is 19.8 Å². The predicted molar refractivity (Wildman–Crippen MR) is 41.5 cm³/mol. The lowest BCUT2D eigenvalue weighted by atomic mass is 9.97. The van der Waals surface area contributed by atoms with E-state index in [0.717, 1.165) is 6.92 Å². The summed E-state index contributed by atoms with van der Waals surface area (Å²) in [6.45, 7) is 2.51.